The van der Waals surface area contributed by atoms with Crippen molar-refractivity contribution in [3.63, 3.8) is 0 Å². The number of carbonyl (C=O) groups excluding carboxylic acids is 2. The highest BCUT2D eigenvalue weighted by atomic mass is 16.2. The molecule has 0 radical (unpaired) electrons. The molecule has 4 aromatic rings. The zero-order valence-electron chi connectivity index (χ0n) is 14.7. The van der Waals surface area contributed by atoms with Gasteiger partial charge in [-0.1, -0.05) is 36.4 Å². The summed E-state index contributed by atoms with van der Waals surface area (Å²) in [5.41, 5.74) is 7.68. The van der Waals surface area contributed by atoms with E-state index in [1.165, 1.54) is 0 Å². The maximum absolute atomic E-state index is 12.9. The number of amides is 2. The molecular weight excluding hydrogens is 356 g/mol. The highest BCUT2D eigenvalue weighted by molar-refractivity contribution is 6.08. The van der Waals surface area contributed by atoms with Gasteiger partial charge in [0.2, 0.25) is 11.7 Å². The van der Waals surface area contributed by atoms with E-state index in [2.05, 4.69) is 25.9 Å². The molecule has 0 aliphatic rings. The number of hydrogen-bond donors (Lipinski definition) is 3. The van der Waals surface area contributed by atoms with Gasteiger partial charge in [-0.15, -0.1) is 10.2 Å². The Hall–Kier alpha value is -4.07. The molecule has 0 unspecified atom stereocenters. The van der Waals surface area contributed by atoms with Crippen LogP contribution in [0, 0.1) is 0 Å². The van der Waals surface area contributed by atoms with Crippen molar-refractivity contribution in [2.24, 2.45) is 5.73 Å². The summed E-state index contributed by atoms with van der Waals surface area (Å²) in [6.07, 6.45) is 0. The van der Waals surface area contributed by atoms with Crippen molar-refractivity contribution < 1.29 is 9.59 Å². The van der Waals surface area contributed by atoms with Gasteiger partial charge >= 0.3 is 0 Å². The third-order valence-electron chi connectivity index (χ3n) is 4.37. The number of aromatic nitrogens is 4. The standard InChI is InChI=1S/C20H16N6O2/c21-18(27)14-6-3-4-12(8-14)11-22-20(28)17-10-15(19-23-25-26-24-19)9-13-5-1-2-7-16(13)17/h1-10H,11H2,(H2,21,27)(H,22,28)(H,23,24,25,26). The molecule has 4 rings (SSSR count). The van der Waals surface area contributed by atoms with E-state index in [9.17, 15) is 9.59 Å². The Morgan fingerprint density at radius 2 is 1.89 bits per heavy atom. The van der Waals surface area contributed by atoms with Gasteiger partial charge in [0.25, 0.3) is 5.91 Å². The van der Waals surface area contributed by atoms with Crippen molar-refractivity contribution in [2.45, 2.75) is 6.54 Å². The molecule has 2 amide bonds. The minimum Gasteiger partial charge on any atom is -0.366 e. The third-order valence-corrected chi connectivity index (χ3v) is 4.37. The van der Waals surface area contributed by atoms with Gasteiger partial charge in [-0.2, -0.15) is 5.21 Å². The first-order valence-corrected chi connectivity index (χ1v) is 8.55. The van der Waals surface area contributed by atoms with E-state index in [4.69, 9.17) is 5.73 Å². The van der Waals surface area contributed by atoms with Crippen LogP contribution >= 0.6 is 0 Å². The molecule has 0 spiro atoms. The molecule has 0 aliphatic heterocycles. The number of H-pyrrole nitrogens is 1. The number of hydrogen-bond acceptors (Lipinski definition) is 5. The summed E-state index contributed by atoms with van der Waals surface area (Å²) in [7, 11) is 0. The van der Waals surface area contributed by atoms with E-state index in [1.54, 1.807) is 24.3 Å². The van der Waals surface area contributed by atoms with Gasteiger partial charge in [0.1, 0.15) is 0 Å². The number of nitrogens with two attached hydrogens (primary N) is 1. The molecule has 28 heavy (non-hydrogen) atoms. The van der Waals surface area contributed by atoms with E-state index < -0.39 is 5.91 Å². The van der Waals surface area contributed by atoms with Crippen molar-refractivity contribution >= 4 is 22.6 Å². The van der Waals surface area contributed by atoms with Crippen LogP contribution in [0.5, 0.6) is 0 Å². The number of aromatic amines is 1. The SMILES string of the molecule is NC(=O)c1cccc(CNC(=O)c2cc(-c3nn[nH]n3)cc3ccccc23)c1. The summed E-state index contributed by atoms with van der Waals surface area (Å²) in [5, 5.41) is 18.6. The normalized spacial score (nSPS) is 10.7. The molecule has 3 aromatic carbocycles. The van der Waals surface area contributed by atoms with Gasteiger partial charge in [0.05, 0.1) is 0 Å². The van der Waals surface area contributed by atoms with Crippen LogP contribution in [0.1, 0.15) is 26.3 Å². The van der Waals surface area contributed by atoms with E-state index >= 15 is 0 Å². The first-order valence-electron chi connectivity index (χ1n) is 8.55. The molecule has 8 nitrogen and oxygen atoms in total. The van der Waals surface area contributed by atoms with Crippen LogP contribution in [-0.4, -0.2) is 32.4 Å². The minimum absolute atomic E-state index is 0.244. The number of tetrazole rings is 1. The first-order chi connectivity index (χ1) is 13.6. The number of nitrogens with zero attached hydrogens (tertiary/aromatic N) is 3. The molecule has 1 aromatic heterocycles. The smallest absolute Gasteiger partial charge is 0.252 e. The Morgan fingerprint density at radius 1 is 1.04 bits per heavy atom. The average Bonchev–Trinajstić information content (AvgIpc) is 3.26. The Labute approximate surface area is 159 Å². The highest BCUT2D eigenvalue weighted by Gasteiger charge is 2.14. The second-order valence-electron chi connectivity index (χ2n) is 6.23. The van der Waals surface area contributed by atoms with Gasteiger partial charge < -0.3 is 11.1 Å². The average molecular weight is 372 g/mol. The van der Waals surface area contributed by atoms with Crippen LogP contribution in [0.2, 0.25) is 0 Å². The summed E-state index contributed by atoms with van der Waals surface area (Å²) >= 11 is 0. The lowest BCUT2D eigenvalue weighted by Crippen LogP contribution is -2.23. The zero-order valence-corrected chi connectivity index (χ0v) is 14.7. The van der Waals surface area contributed by atoms with Crippen LogP contribution in [0.25, 0.3) is 22.2 Å². The van der Waals surface area contributed by atoms with Crippen molar-refractivity contribution in [3.8, 4) is 11.4 Å². The number of benzene rings is 3. The Morgan fingerprint density at radius 3 is 2.68 bits per heavy atom. The summed E-state index contributed by atoms with van der Waals surface area (Å²) in [6, 6.07) is 18.1. The Kier molecular flexibility index (Phi) is 4.51. The number of rotatable bonds is 5. The van der Waals surface area contributed by atoms with Gasteiger partial charge in [-0.3, -0.25) is 9.59 Å². The molecule has 0 saturated carbocycles. The lowest BCUT2D eigenvalue weighted by molar-refractivity contribution is 0.0952. The second kappa shape index (κ2) is 7.28. The van der Waals surface area contributed by atoms with Crippen LogP contribution in [-0.2, 0) is 6.54 Å². The summed E-state index contributed by atoms with van der Waals surface area (Å²) in [6.45, 7) is 0.265. The molecule has 0 bridgehead atoms. The summed E-state index contributed by atoms with van der Waals surface area (Å²) in [4.78, 5) is 24.2. The lowest BCUT2D eigenvalue weighted by atomic mass is 10.00. The quantitative estimate of drug-likeness (QED) is 0.494. The van der Waals surface area contributed by atoms with Gasteiger partial charge in [-0.05, 0) is 45.8 Å². The van der Waals surface area contributed by atoms with E-state index in [-0.39, 0.29) is 12.5 Å². The lowest BCUT2D eigenvalue weighted by Gasteiger charge is -2.10. The van der Waals surface area contributed by atoms with Crippen molar-refractivity contribution in [1.29, 1.82) is 0 Å². The zero-order chi connectivity index (χ0) is 19.5. The van der Waals surface area contributed by atoms with E-state index in [1.807, 2.05) is 36.4 Å². The number of fused-ring (bicyclic) bond motifs is 1. The molecule has 1 heterocycles. The molecule has 138 valence electrons. The topological polar surface area (TPSA) is 127 Å². The van der Waals surface area contributed by atoms with E-state index in [0.717, 1.165) is 16.3 Å². The summed E-state index contributed by atoms with van der Waals surface area (Å²) < 4.78 is 0. The Bertz CT molecular complexity index is 1170. The fourth-order valence-corrected chi connectivity index (χ4v) is 3.02. The third kappa shape index (κ3) is 3.43. The monoisotopic (exact) mass is 372 g/mol. The molecule has 0 atom stereocenters. The van der Waals surface area contributed by atoms with Crippen LogP contribution in [0.3, 0.4) is 0 Å². The maximum Gasteiger partial charge on any atom is 0.252 e. The Balaban J connectivity index is 1.65. The molecule has 0 aliphatic carbocycles. The van der Waals surface area contributed by atoms with Gasteiger partial charge in [0.15, 0.2) is 0 Å². The molecule has 0 saturated heterocycles. The number of nitrogens with one attached hydrogen (secondary N) is 2. The fourth-order valence-electron chi connectivity index (χ4n) is 3.02. The largest absolute Gasteiger partial charge is 0.366 e. The molecule has 4 N–H and O–H groups in total. The second-order valence-corrected chi connectivity index (χ2v) is 6.23. The number of carbonyl (C=O) groups is 2. The van der Waals surface area contributed by atoms with Crippen molar-refractivity contribution in [2.75, 3.05) is 0 Å². The molecular formula is C20H16N6O2. The van der Waals surface area contributed by atoms with Gasteiger partial charge in [0, 0.05) is 23.2 Å². The van der Waals surface area contributed by atoms with Gasteiger partial charge in [-0.25, -0.2) is 0 Å². The highest BCUT2D eigenvalue weighted by Crippen LogP contribution is 2.25. The van der Waals surface area contributed by atoms with Crippen molar-refractivity contribution in [1.82, 2.24) is 25.9 Å². The fraction of sp³-hybridized carbons (Fsp3) is 0.0500. The van der Waals surface area contributed by atoms with Crippen molar-refractivity contribution in [3.05, 3.63) is 77.4 Å². The molecule has 0 fully saturated rings. The van der Waals surface area contributed by atoms with Crippen LogP contribution in [0.4, 0.5) is 0 Å². The first kappa shape index (κ1) is 17.3. The summed E-state index contributed by atoms with van der Waals surface area (Å²) in [5.74, 6) is -0.341. The molecule has 8 heteroatoms. The predicted molar refractivity (Wildman–Crippen MR) is 103 cm³/mol. The maximum atomic E-state index is 12.9. The van der Waals surface area contributed by atoms with Crippen LogP contribution in [0.15, 0.2) is 60.7 Å². The predicted octanol–water partition coefficient (Wildman–Crippen LogP) is 2.05. The van der Waals surface area contributed by atoms with E-state index in [0.29, 0.717) is 22.5 Å². The number of primary amides is 1. The van der Waals surface area contributed by atoms with Crippen LogP contribution < -0.4 is 11.1 Å². The minimum atomic E-state index is -0.507.